The Morgan fingerprint density at radius 3 is 2.00 bits per heavy atom. The van der Waals surface area contributed by atoms with Gasteiger partial charge < -0.3 is 0 Å². The molecule has 0 N–H and O–H groups in total. The van der Waals surface area contributed by atoms with Gasteiger partial charge in [-0.2, -0.15) is 0 Å². The van der Waals surface area contributed by atoms with Crippen LogP contribution in [0.5, 0.6) is 0 Å². The van der Waals surface area contributed by atoms with Gasteiger partial charge in [-0.3, -0.25) is 0 Å². The summed E-state index contributed by atoms with van der Waals surface area (Å²) in [6, 6.07) is 26.3. The minimum atomic E-state index is 0.582. The molecule has 3 aromatic carbocycles. The van der Waals surface area contributed by atoms with Crippen LogP contribution in [0, 0.1) is 0 Å². The van der Waals surface area contributed by atoms with E-state index in [2.05, 4.69) is 72.8 Å². The van der Waals surface area contributed by atoms with Crippen LogP contribution in [0.25, 0.3) is 10.8 Å². The molecular weight excluding hydrogens is 350 g/mol. The summed E-state index contributed by atoms with van der Waals surface area (Å²) >= 11 is 1.18. The van der Waals surface area contributed by atoms with E-state index in [1.165, 1.54) is 19.7 Å². The van der Waals surface area contributed by atoms with Crippen LogP contribution in [-0.2, 0) is 0 Å². The molecule has 0 saturated carbocycles. The molecular formula is C16H12Se2. The summed E-state index contributed by atoms with van der Waals surface area (Å²) in [5, 5.41) is 2.70. The average Bonchev–Trinajstić information content (AvgIpc) is 2.46. The van der Waals surface area contributed by atoms with E-state index in [0.717, 1.165) is 0 Å². The molecule has 0 aromatic heterocycles. The quantitative estimate of drug-likeness (QED) is 0.627. The number of benzene rings is 3. The van der Waals surface area contributed by atoms with Crippen LogP contribution in [0.4, 0.5) is 0 Å². The van der Waals surface area contributed by atoms with Crippen molar-refractivity contribution in [2.24, 2.45) is 0 Å². The first-order valence-electron chi connectivity index (χ1n) is 5.80. The molecule has 0 heterocycles. The zero-order valence-electron chi connectivity index (χ0n) is 9.74. The van der Waals surface area contributed by atoms with E-state index in [4.69, 9.17) is 0 Å². The first-order chi connectivity index (χ1) is 8.92. The van der Waals surface area contributed by atoms with Crippen LogP contribution in [0.3, 0.4) is 0 Å². The van der Waals surface area contributed by atoms with Crippen molar-refractivity contribution in [3.63, 3.8) is 0 Å². The fourth-order valence-electron chi connectivity index (χ4n) is 1.79. The molecule has 3 aromatic rings. The SMILES string of the molecule is c1ccc([Se][Se]c2ccc3ccccc3c2)cc1. The molecule has 0 aliphatic heterocycles. The monoisotopic (exact) mass is 364 g/mol. The van der Waals surface area contributed by atoms with Crippen molar-refractivity contribution in [3.8, 4) is 0 Å². The van der Waals surface area contributed by atoms with Crippen LogP contribution in [-0.4, -0.2) is 26.3 Å². The van der Waals surface area contributed by atoms with E-state index < -0.39 is 0 Å². The molecule has 0 saturated heterocycles. The Morgan fingerprint density at radius 1 is 0.500 bits per heavy atom. The van der Waals surface area contributed by atoms with Crippen molar-refractivity contribution in [2.45, 2.75) is 0 Å². The Morgan fingerprint density at radius 2 is 1.17 bits per heavy atom. The molecule has 0 atom stereocenters. The third kappa shape index (κ3) is 2.85. The molecule has 0 unspecified atom stereocenters. The maximum absolute atomic E-state index is 2.35. The van der Waals surface area contributed by atoms with Gasteiger partial charge in [0.1, 0.15) is 0 Å². The van der Waals surface area contributed by atoms with Gasteiger partial charge in [-0.1, -0.05) is 0 Å². The van der Waals surface area contributed by atoms with Gasteiger partial charge in [0.15, 0.2) is 0 Å². The number of fused-ring (bicyclic) bond motifs is 1. The molecule has 0 spiro atoms. The van der Waals surface area contributed by atoms with Crippen LogP contribution in [0.2, 0.25) is 0 Å². The van der Waals surface area contributed by atoms with Crippen molar-refractivity contribution in [3.05, 3.63) is 72.8 Å². The zero-order valence-corrected chi connectivity index (χ0v) is 13.2. The average molecular weight is 362 g/mol. The molecule has 0 nitrogen and oxygen atoms in total. The third-order valence-electron chi connectivity index (χ3n) is 2.70. The Bertz CT molecular complexity index is 647. The van der Waals surface area contributed by atoms with Crippen molar-refractivity contribution in [1.29, 1.82) is 0 Å². The molecule has 18 heavy (non-hydrogen) atoms. The van der Waals surface area contributed by atoms with E-state index >= 15 is 0 Å². The predicted octanol–water partition coefficient (Wildman–Crippen LogP) is 2.11. The van der Waals surface area contributed by atoms with E-state index in [0.29, 0.717) is 26.3 Å². The van der Waals surface area contributed by atoms with E-state index in [9.17, 15) is 0 Å². The van der Waals surface area contributed by atoms with Crippen LogP contribution in [0.1, 0.15) is 0 Å². The molecule has 3 rings (SSSR count). The van der Waals surface area contributed by atoms with Gasteiger partial charge in [-0.05, 0) is 0 Å². The zero-order chi connectivity index (χ0) is 12.2. The fraction of sp³-hybridized carbons (Fsp3) is 0. The minimum absolute atomic E-state index is 0.582. The Labute approximate surface area is 118 Å². The van der Waals surface area contributed by atoms with Crippen molar-refractivity contribution in [1.82, 2.24) is 0 Å². The second-order valence-corrected chi connectivity index (χ2v) is 10.3. The predicted molar refractivity (Wildman–Crippen MR) is 81.2 cm³/mol. The van der Waals surface area contributed by atoms with Crippen molar-refractivity contribution in [2.75, 3.05) is 0 Å². The first-order valence-corrected chi connectivity index (χ1v) is 11.8. The molecule has 2 heteroatoms. The molecule has 0 bridgehead atoms. The number of hydrogen-bond acceptors (Lipinski definition) is 0. The Hall–Kier alpha value is -1.04. The van der Waals surface area contributed by atoms with Crippen molar-refractivity contribution >= 4 is 46.0 Å². The summed E-state index contributed by atoms with van der Waals surface area (Å²) in [5.74, 6) is 0. The Kier molecular flexibility index (Phi) is 3.83. The third-order valence-corrected chi connectivity index (χ3v) is 9.89. The Balaban J connectivity index is 1.79. The summed E-state index contributed by atoms with van der Waals surface area (Å²) in [7, 11) is 0. The summed E-state index contributed by atoms with van der Waals surface area (Å²) in [4.78, 5) is 0. The molecule has 0 aliphatic rings. The first kappa shape index (κ1) is 12.0. The van der Waals surface area contributed by atoms with Crippen molar-refractivity contribution < 1.29 is 0 Å². The van der Waals surface area contributed by atoms with Gasteiger partial charge in [-0.15, -0.1) is 0 Å². The molecule has 0 aliphatic carbocycles. The topological polar surface area (TPSA) is 0 Å². The van der Waals surface area contributed by atoms with E-state index in [-0.39, 0.29) is 0 Å². The molecule has 0 fully saturated rings. The summed E-state index contributed by atoms with van der Waals surface area (Å²) < 4.78 is 3.00. The second-order valence-electron chi connectivity index (χ2n) is 3.99. The number of rotatable bonds is 3. The summed E-state index contributed by atoms with van der Waals surface area (Å²) in [6.07, 6.45) is 0. The van der Waals surface area contributed by atoms with Gasteiger partial charge in [0.25, 0.3) is 0 Å². The van der Waals surface area contributed by atoms with Crippen LogP contribution < -0.4 is 8.92 Å². The molecule has 88 valence electrons. The normalized spacial score (nSPS) is 10.7. The van der Waals surface area contributed by atoms with Crippen LogP contribution >= 0.6 is 0 Å². The van der Waals surface area contributed by atoms with E-state index in [1.54, 1.807) is 0 Å². The maximum atomic E-state index is 2.35. The van der Waals surface area contributed by atoms with Gasteiger partial charge >= 0.3 is 119 Å². The molecule has 0 amide bonds. The fourth-order valence-corrected chi connectivity index (χ4v) is 7.82. The van der Waals surface area contributed by atoms with E-state index in [1.807, 2.05) is 0 Å². The molecule has 0 radical (unpaired) electrons. The van der Waals surface area contributed by atoms with Gasteiger partial charge in [0, 0.05) is 0 Å². The van der Waals surface area contributed by atoms with Crippen LogP contribution in [0.15, 0.2) is 72.8 Å². The summed E-state index contributed by atoms with van der Waals surface area (Å²) in [6.45, 7) is 0. The standard InChI is InChI=1S/C16H12Se2/c1-2-8-15(9-3-1)17-18-16-11-10-13-6-4-5-7-14(13)12-16/h1-12H. The van der Waals surface area contributed by atoms with Gasteiger partial charge in [0.05, 0.1) is 0 Å². The second kappa shape index (κ2) is 5.73. The summed E-state index contributed by atoms with van der Waals surface area (Å²) in [5.41, 5.74) is 0. The van der Waals surface area contributed by atoms with Gasteiger partial charge in [-0.25, -0.2) is 0 Å². The number of hydrogen-bond donors (Lipinski definition) is 0. The van der Waals surface area contributed by atoms with Gasteiger partial charge in [0.2, 0.25) is 0 Å².